The summed E-state index contributed by atoms with van der Waals surface area (Å²) < 4.78 is 0. The maximum Gasteiger partial charge on any atom is 0.207 e. The number of hydrogen-bond donors (Lipinski definition) is 1. The maximum atomic E-state index is 9.82. The van der Waals surface area contributed by atoms with Crippen LogP contribution in [-0.2, 0) is 11.2 Å². The third-order valence-electron chi connectivity index (χ3n) is 1.22. The van der Waals surface area contributed by atoms with E-state index in [1.807, 2.05) is 5.38 Å². The summed E-state index contributed by atoms with van der Waals surface area (Å²) in [6.45, 7) is 0.736. The number of nitrogens with one attached hydrogen (secondary N) is 1. The van der Waals surface area contributed by atoms with Crippen LogP contribution in [0.4, 0.5) is 0 Å². The minimum atomic E-state index is 0.729. The van der Waals surface area contributed by atoms with E-state index in [-0.39, 0.29) is 0 Å². The molecule has 2 nitrogen and oxygen atoms in total. The Bertz CT molecular complexity index is 183. The van der Waals surface area contributed by atoms with Crippen LogP contribution in [0.25, 0.3) is 0 Å². The van der Waals surface area contributed by atoms with Crippen molar-refractivity contribution in [2.75, 3.05) is 6.54 Å². The number of carbonyl (C=O) groups is 1. The van der Waals surface area contributed by atoms with E-state index in [0.29, 0.717) is 0 Å². The molecule has 0 spiro atoms. The van der Waals surface area contributed by atoms with Gasteiger partial charge in [-0.25, -0.2) is 0 Å². The smallest absolute Gasteiger partial charge is 0.207 e. The lowest BCUT2D eigenvalue weighted by molar-refractivity contribution is -0.109. The van der Waals surface area contributed by atoms with E-state index >= 15 is 0 Å². The highest BCUT2D eigenvalue weighted by molar-refractivity contribution is 7.07. The fourth-order valence-corrected chi connectivity index (χ4v) is 1.41. The molecule has 3 heteroatoms. The monoisotopic (exact) mass is 155 g/mol. The SMILES string of the molecule is O=CNCCc1ccsc1. The predicted molar refractivity (Wildman–Crippen MR) is 42.1 cm³/mol. The third kappa shape index (κ3) is 2.19. The molecule has 0 atom stereocenters. The van der Waals surface area contributed by atoms with Gasteiger partial charge in [0.1, 0.15) is 0 Å². The van der Waals surface area contributed by atoms with Crippen LogP contribution in [0.1, 0.15) is 5.56 Å². The van der Waals surface area contributed by atoms with Crippen molar-refractivity contribution in [2.24, 2.45) is 0 Å². The number of thiophene rings is 1. The van der Waals surface area contributed by atoms with E-state index < -0.39 is 0 Å². The molecule has 10 heavy (non-hydrogen) atoms. The molecule has 0 saturated heterocycles. The van der Waals surface area contributed by atoms with Crippen LogP contribution in [0.5, 0.6) is 0 Å². The van der Waals surface area contributed by atoms with Crippen LogP contribution in [0, 0.1) is 0 Å². The van der Waals surface area contributed by atoms with Gasteiger partial charge in [0.25, 0.3) is 0 Å². The molecule has 0 aliphatic rings. The average molecular weight is 155 g/mol. The summed E-state index contributed by atoms with van der Waals surface area (Å²) in [6.07, 6.45) is 1.66. The van der Waals surface area contributed by atoms with Gasteiger partial charge in [0.05, 0.1) is 0 Å². The highest BCUT2D eigenvalue weighted by atomic mass is 32.1. The normalized spacial score (nSPS) is 9.20. The topological polar surface area (TPSA) is 29.1 Å². The van der Waals surface area contributed by atoms with Crippen molar-refractivity contribution in [1.29, 1.82) is 0 Å². The summed E-state index contributed by atoms with van der Waals surface area (Å²) in [5.41, 5.74) is 1.29. The molecule has 1 aromatic heterocycles. The molecule has 0 aliphatic carbocycles. The molecule has 1 rings (SSSR count). The number of carbonyl (C=O) groups excluding carboxylic acids is 1. The van der Waals surface area contributed by atoms with Crippen LogP contribution in [0.2, 0.25) is 0 Å². The minimum absolute atomic E-state index is 0.729. The lowest BCUT2D eigenvalue weighted by atomic mass is 10.2. The Morgan fingerprint density at radius 3 is 3.20 bits per heavy atom. The van der Waals surface area contributed by atoms with Gasteiger partial charge in [0.2, 0.25) is 6.41 Å². The van der Waals surface area contributed by atoms with Crippen LogP contribution in [0.15, 0.2) is 16.8 Å². The molecular weight excluding hydrogens is 146 g/mol. The minimum Gasteiger partial charge on any atom is -0.358 e. The molecule has 0 aliphatic heterocycles. The Balaban J connectivity index is 2.21. The fourth-order valence-electron chi connectivity index (χ4n) is 0.710. The Kier molecular flexibility index (Phi) is 2.96. The van der Waals surface area contributed by atoms with Crippen LogP contribution in [-0.4, -0.2) is 13.0 Å². The number of rotatable bonds is 4. The summed E-state index contributed by atoms with van der Waals surface area (Å²) in [6, 6.07) is 2.07. The summed E-state index contributed by atoms with van der Waals surface area (Å²) in [4.78, 5) is 9.82. The van der Waals surface area contributed by atoms with Gasteiger partial charge in [-0.3, -0.25) is 4.79 Å². The first-order chi connectivity index (χ1) is 4.93. The standard InChI is InChI=1S/C7H9NOS/c9-6-8-3-1-7-2-4-10-5-7/h2,4-6H,1,3H2,(H,8,9). The van der Waals surface area contributed by atoms with Crippen molar-refractivity contribution in [2.45, 2.75) is 6.42 Å². The van der Waals surface area contributed by atoms with Gasteiger partial charge < -0.3 is 5.32 Å². The average Bonchev–Trinajstić information content (AvgIpc) is 2.41. The lowest BCUT2D eigenvalue weighted by Gasteiger charge is -1.93. The molecular formula is C7H9NOS. The molecule has 0 unspecified atom stereocenters. The van der Waals surface area contributed by atoms with Crippen LogP contribution >= 0.6 is 11.3 Å². The second-order valence-corrected chi connectivity index (χ2v) is 2.73. The van der Waals surface area contributed by atoms with E-state index in [4.69, 9.17) is 0 Å². The van der Waals surface area contributed by atoms with Crippen molar-refractivity contribution in [3.63, 3.8) is 0 Å². The summed E-state index contributed by atoms with van der Waals surface area (Å²) >= 11 is 1.68. The van der Waals surface area contributed by atoms with Crippen molar-refractivity contribution in [3.05, 3.63) is 22.4 Å². The van der Waals surface area contributed by atoms with Crippen LogP contribution in [0.3, 0.4) is 0 Å². The summed E-state index contributed by atoms with van der Waals surface area (Å²) in [5.74, 6) is 0. The zero-order valence-corrected chi connectivity index (χ0v) is 6.36. The first-order valence-electron chi connectivity index (χ1n) is 3.11. The van der Waals surface area contributed by atoms with Crippen LogP contribution < -0.4 is 5.32 Å². The van der Waals surface area contributed by atoms with E-state index in [0.717, 1.165) is 19.4 Å². The molecule has 54 valence electrons. The Morgan fingerprint density at radius 2 is 2.60 bits per heavy atom. The van der Waals surface area contributed by atoms with Gasteiger partial charge in [-0.1, -0.05) is 0 Å². The fraction of sp³-hybridized carbons (Fsp3) is 0.286. The highest BCUT2D eigenvalue weighted by Gasteiger charge is 1.89. The number of hydrogen-bond acceptors (Lipinski definition) is 2. The first-order valence-corrected chi connectivity index (χ1v) is 4.06. The Labute approximate surface area is 63.9 Å². The molecule has 1 aromatic rings. The van der Waals surface area contributed by atoms with E-state index in [9.17, 15) is 4.79 Å². The zero-order chi connectivity index (χ0) is 7.23. The molecule has 1 amide bonds. The van der Waals surface area contributed by atoms with Gasteiger partial charge in [0.15, 0.2) is 0 Å². The second-order valence-electron chi connectivity index (χ2n) is 1.95. The van der Waals surface area contributed by atoms with Gasteiger partial charge in [0, 0.05) is 6.54 Å². The van der Waals surface area contributed by atoms with Crippen molar-refractivity contribution in [1.82, 2.24) is 5.32 Å². The summed E-state index contributed by atoms with van der Waals surface area (Å²) in [5, 5.41) is 6.74. The Hall–Kier alpha value is -0.830. The van der Waals surface area contributed by atoms with Gasteiger partial charge in [-0.05, 0) is 28.8 Å². The van der Waals surface area contributed by atoms with Crippen molar-refractivity contribution < 1.29 is 4.79 Å². The molecule has 0 aromatic carbocycles. The molecule has 0 fully saturated rings. The second kappa shape index (κ2) is 4.06. The highest BCUT2D eigenvalue weighted by Crippen LogP contribution is 2.05. The van der Waals surface area contributed by atoms with Crippen molar-refractivity contribution >= 4 is 17.7 Å². The Morgan fingerprint density at radius 1 is 1.70 bits per heavy atom. The third-order valence-corrected chi connectivity index (χ3v) is 1.95. The zero-order valence-electron chi connectivity index (χ0n) is 5.54. The molecule has 0 radical (unpaired) electrons. The van der Waals surface area contributed by atoms with Gasteiger partial charge >= 0.3 is 0 Å². The number of amides is 1. The quantitative estimate of drug-likeness (QED) is 0.511. The maximum absolute atomic E-state index is 9.82. The van der Waals surface area contributed by atoms with Crippen molar-refractivity contribution in [3.8, 4) is 0 Å². The molecule has 0 saturated carbocycles. The summed E-state index contributed by atoms with van der Waals surface area (Å²) in [7, 11) is 0. The predicted octanol–water partition coefficient (Wildman–Crippen LogP) is 1.04. The molecule has 0 bridgehead atoms. The van der Waals surface area contributed by atoms with E-state index in [1.165, 1.54) is 5.56 Å². The largest absolute Gasteiger partial charge is 0.358 e. The molecule has 1 N–H and O–H groups in total. The van der Waals surface area contributed by atoms with Gasteiger partial charge in [-0.2, -0.15) is 11.3 Å². The van der Waals surface area contributed by atoms with E-state index in [2.05, 4.69) is 16.8 Å². The van der Waals surface area contributed by atoms with Gasteiger partial charge in [-0.15, -0.1) is 0 Å². The molecule has 1 heterocycles. The van der Waals surface area contributed by atoms with E-state index in [1.54, 1.807) is 11.3 Å². The first kappa shape index (κ1) is 7.28. The lowest BCUT2D eigenvalue weighted by Crippen LogP contribution is -2.13.